The zero-order valence-electron chi connectivity index (χ0n) is 62.1. The lowest BCUT2D eigenvalue weighted by Crippen LogP contribution is -2.05. The first kappa shape index (κ1) is 80.4. The molecule has 32 heteroatoms. The summed E-state index contributed by atoms with van der Waals surface area (Å²) in [6.07, 6.45) is -4.51. The SMILES string of the molecule is COc1nc(-c2ccc(O)cc2O)nc(-c2ccc(O)cc2O)n1.Cc1cc(C)c(-c2nc(-c3ccc(O)cc3O)nc(-c3ccc(O)cc3O)n2)c(C)c1.Cc1ccc(C)c(-c2nc(-c3ccc(O)cc3O)nc(-c3ccc(O)cc3O)n2)c1.Oc1ccc(-c2nc(-c3ccc(C(F)(F)F)cc3)nc(-c3ccc(O)cc3O)n2)c(O)c1. The second-order valence-corrected chi connectivity index (χ2v) is 26.2. The molecule has 29 nitrogen and oxygen atoms in total. The lowest BCUT2D eigenvalue weighted by Gasteiger charge is -2.14. The Morgan fingerprint density at radius 2 is 0.470 bits per heavy atom. The summed E-state index contributed by atoms with van der Waals surface area (Å²) in [7, 11) is 1.37. The molecule has 0 aliphatic carbocycles. The Hall–Kier alpha value is -16.2. The minimum Gasteiger partial charge on any atom is -0.508 e. The van der Waals surface area contributed by atoms with Crippen LogP contribution in [0.25, 0.3) is 125 Å². The summed E-state index contributed by atoms with van der Waals surface area (Å²) in [4.78, 5) is 52.3. The number of aryl methyl sites for hydroxylation is 5. The molecule has 590 valence electrons. The van der Waals surface area contributed by atoms with Gasteiger partial charge in [0.2, 0.25) is 0 Å². The molecule has 0 saturated carbocycles. The summed E-state index contributed by atoms with van der Waals surface area (Å²) >= 11 is 0. The van der Waals surface area contributed by atoms with Gasteiger partial charge in [0, 0.05) is 65.2 Å². The van der Waals surface area contributed by atoms with Crippen molar-refractivity contribution in [2.75, 3.05) is 7.11 Å². The number of methoxy groups -OCH3 is 1. The zero-order valence-corrected chi connectivity index (χ0v) is 62.1. The van der Waals surface area contributed by atoms with Gasteiger partial charge in [0.05, 0.1) is 57.2 Å². The number of benzene rings is 11. The van der Waals surface area contributed by atoms with Crippen LogP contribution in [0, 0.1) is 34.6 Å². The Bertz CT molecular complexity index is 6020. The van der Waals surface area contributed by atoms with E-state index < -0.39 is 11.7 Å². The number of hydrogen-bond acceptors (Lipinski definition) is 29. The number of ether oxygens (including phenoxy) is 1. The monoisotopic (exact) mass is 1580 g/mol. The summed E-state index contributed by atoms with van der Waals surface area (Å²) in [5, 5.41) is 158. The van der Waals surface area contributed by atoms with Gasteiger partial charge >= 0.3 is 12.2 Å². The third-order valence-electron chi connectivity index (χ3n) is 17.5. The van der Waals surface area contributed by atoms with Crippen LogP contribution in [0.3, 0.4) is 0 Å². The predicted octanol–water partition coefficient (Wildman–Crippen LogP) is 15.7. The molecule has 0 aliphatic heterocycles. The largest absolute Gasteiger partial charge is 0.508 e. The number of aromatic hydroxyl groups is 16. The van der Waals surface area contributed by atoms with Crippen LogP contribution in [0.5, 0.6) is 98.0 Å². The van der Waals surface area contributed by atoms with Crippen molar-refractivity contribution in [2.24, 2.45) is 0 Å². The van der Waals surface area contributed by atoms with Crippen LogP contribution >= 0.6 is 0 Å². The van der Waals surface area contributed by atoms with Crippen LogP contribution in [0.2, 0.25) is 0 Å². The van der Waals surface area contributed by atoms with Crippen LogP contribution in [0.15, 0.2) is 200 Å². The van der Waals surface area contributed by atoms with E-state index in [0.717, 1.165) is 75.3 Å². The van der Waals surface area contributed by atoms with Gasteiger partial charge in [-0.15, -0.1) is 0 Å². The lowest BCUT2D eigenvalue weighted by molar-refractivity contribution is -0.137. The Kier molecular flexibility index (Phi) is 23.0. The molecule has 0 unspecified atom stereocenters. The molecule has 0 spiro atoms. The van der Waals surface area contributed by atoms with Crippen molar-refractivity contribution >= 4 is 0 Å². The number of alkyl halides is 3. The molecule has 0 aliphatic rings. The zero-order chi connectivity index (χ0) is 84.0. The highest BCUT2D eigenvalue weighted by molar-refractivity contribution is 5.79. The molecule has 0 saturated heterocycles. The number of hydrogen-bond donors (Lipinski definition) is 16. The molecule has 15 aromatic rings. The van der Waals surface area contributed by atoms with E-state index in [1.807, 2.05) is 65.0 Å². The summed E-state index contributed by atoms with van der Waals surface area (Å²) in [6, 6.07) is 46.1. The average Bonchev–Trinajstić information content (AvgIpc) is 0.779. The van der Waals surface area contributed by atoms with Crippen molar-refractivity contribution in [1.82, 2.24) is 59.8 Å². The van der Waals surface area contributed by atoms with E-state index in [-0.39, 0.29) is 178 Å². The molecule has 0 amide bonds. The molecule has 0 bridgehead atoms. The minimum atomic E-state index is -4.51. The van der Waals surface area contributed by atoms with Crippen LogP contribution in [-0.2, 0) is 6.18 Å². The third-order valence-corrected chi connectivity index (χ3v) is 17.5. The Balaban J connectivity index is 0.000000144. The highest BCUT2D eigenvalue weighted by Crippen LogP contribution is 2.43. The first-order valence-electron chi connectivity index (χ1n) is 34.7. The van der Waals surface area contributed by atoms with Crippen molar-refractivity contribution in [3.8, 4) is 223 Å². The molecule has 4 heterocycles. The van der Waals surface area contributed by atoms with Gasteiger partial charge in [-0.2, -0.15) is 23.1 Å². The first-order valence-corrected chi connectivity index (χ1v) is 34.7. The van der Waals surface area contributed by atoms with Gasteiger partial charge in [-0.05, 0) is 167 Å². The van der Waals surface area contributed by atoms with Gasteiger partial charge in [0.1, 0.15) is 92.0 Å². The quantitative estimate of drug-likeness (QED) is 0.0540. The standard InChI is InChI=1S/C24H21N3O4.C23H19N3O4.C22H14F3N3O4.C16H13N3O5/c1-12-8-13(2)21(14(3)9-12)24-26-22(17-6-4-15(28)10-19(17)30)25-23(27-24)18-7-5-16(29)11-20(18)31;1-12-3-4-13(2)18(9-12)23-25-21(16-7-5-14(27)10-19(16)29)24-22(26-23)17-8-6-15(28)11-20(17)30;23-22(24,25)12-3-1-11(2-4-12)19-26-20(15-7-5-13(29)9-17(15)31)28-21(27-19)16-8-6-14(30)10-18(16)32;1-24-16-18-14(10-4-2-8(20)6-12(10)22)17-15(19-16)11-5-3-9(21)7-13(11)23/h4-11,28-31H,1-3H3;3-11,27-30H,1-2H3;1-10,29-32H;2-7,20-23H,1H3. The van der Waals surface area contributed by atoms with Gasteiger partial charge in [-0.3, -0.25) is 0 Å². The molecule has 117 heavy (non-hydrogen) atoms. The number of aromatic nitrogens is 12. The molecule has 4 aromatic heterocycles. The fraction of sp³-hybridized carbons (Fsp3) is 0.0824. The molecule has 0 atom stereocenters. The average molecular weight is 1590 g/mol. The van der Waals surface area contributed by atoms with Crippen molar-refractivity contribution < 1.29 is 99.6 Å². The molecule has 0 fully saturated rings. The molecule has 11 aromatic carbocycles. The number of phenolic OH excluding ortho intramolecular Hbond substituents is 16. The van der Waals surface area contributed by atoms with Crippen molar-refractivity contribution in [3.63, 3.8) is 0 Å². The summed E-state index contributed by atoms with van der Waals surface area (Å²) in [5.74, 6) is -1.22. The second kappa shape index (κ2) is 33.4. The van der Waals surface area contributed by atoms with Gasteiger partial charge in [0.25, 0.3) is 0 Å². The minimum absolute atomic E-state index is 0.0151. The van der Waals surface area contributed by atoms with Crippen molar-refractivity contribution in [1.29, 1.82) is 0 Å². The van der Waals surface area contributed by atoms with E-state index >= 15 is 0 Å². The van der Waals surface area contributed by atoms with E-state index in [4.69, 9.17) is 4.74 Å². The summed E-state index contributed by atoms with van der Waals surface area (Å²) in [6.45, 7) is 9.84. The maximum Gasteiger partial charge on any atom is 0.416 e. The van der Waals surface area contributed by atoms with Gasteiger partial charge in [-0.25, -0.2) is 49.8 Å². The third kappa shape index (κ3) is 18.6. The Morgan fingerprint density at radius 3 is 0.718 bits per heavy atom. The van der Waals surface area contributed by atoms with E-state index in [2.05, 4.69) is 59.8 Å². The van der Waals surface area contributed by atoms with E-state index in [1.165, 1.54) is 141 Å². The second-order valence-electron chi connectivity index (χ2n) is 26.2. The van der Waals surface area contributed by atoms with Crippen LogP contribution in [0.4, 0.5) is 13.2 Å². The van der Waals surface area contributed by atoms with E-state index in [1.54, 1.807) is 0 Å². The summed E-state index contributed by atoms with van der Waals surface area (Å²) in [5.41, 5.74) is 8.04. The highest BCUT2D eigenvalue weighted by Gasteiger charge is 2.31. The summed E-state index contributed by atoms with van der Waals surface area (Å²) < 4.78 is 43.8. The van der Waals surface area contributed by atoms with Crippen molar-refractivity contribution in [3.05, 3.63) is 234 Å². The van der Waals surface area contributed by atoms with Crippen LogP contribution in [0.1, 0.15) is 33.4 Å². The highest BCUT2D eigenvalue weighted by atomic mass is 19.4. The van der Waals surface area contributed by atoms with Gasteiger partial charge in [-0.1, -0.05) is 47.5 Å². The number of halogens is 3. The maximum absolute atomic E-state index is 12.9. The number of rotatable bonds is 12. The van der Waals surface area contributed by atoms with Crippen LogP contribution in [-0.4, -0.2) is 149 Å². The topological polar surface area (TPSA) is 488 Å². The van der Waals surface area contributed by atoms with E-state index in [0.29, 0.717) is 33.9 Å². The fourth-order valence-electron chi connectivity index (χ4n) is 11.9. The molecule has 15 rings (SSSR count). The fourth-order valence-corrected chi connectivity index (χ4v) is 11.9. The number of phenols is 16. The number of nitrogens with zero attached hydrogens (tertiary/aromatic N) is 12. The normalized spacial score (nSPS) is 11.0. The van der Waals surface area contributed by atoms with E-state index in [9.17, 15) is 94.9 Å². The molecular formula is C85H67F3N12O17. The maximum atomic E-state index is 12.9. The molecule has 0 radical (unpaired) electrons. The lowest BCUT2D eigenvalue weighted by atomic mass is 9.99. The molecule has 16 N–H and O–H groups in total. The molecular weight excluding hydrogens is 1520 g/mol. The predicted molar refractivity (Wildman–Crippen MR) is 421 cm³/mol. The van der Waals surface area contributed by atoms with Gasteiger partial charge < -0.3 is 86.4 Å². The first-order chi connectivity index (χ1) is 55.6. The van der Waals surface area contributed by atoms with Crippen molar-refractivity contribution in [2.45, 2.75) is 40.8 Å². The smallest absolute Gasteiger partial charge is 0.416 e. The van der Waals surface area contributed by atoms with Crippen LogP contribution < -0.4 is 4.74 Å². The Morgan fingerprint density at radius 1 is 0.231 bits per heavy atom. The van der Waals surface area contributed by atoms with Gasteiger partial charge in [0.15, 0.2) is 64.1 Å². The Labute approximate surface area is 661 Å².